The third-order valence-electron chi connectivity index (χ3n) is 3.09. The maximum absolute atomic E-state index is 6.55. The molecule has 3 heterocycles. The summed E-state index contributed by atoms with van der Waals surface area (Å²) in [6.45, 7) is -2.08. The van der Waals surface area contributed by atoms with Crippen molar-refractivity contribution >= 4 is 43.6 Å². The Labute approximate surface area is 156 Å². The normalized spacial score (nSPS) is 41.5. The van der Waals surface area contributed by atoms with Crippen LogP contribution in [0, 0.1) is 0 Å². The molecule has 0 saturated heterocycles. The first-order valence-electron chi connectivity index (χ1n) is 7.76. The number of rotatable bonds is 0. The summed E-state index contributed by atoms with van der Waals surface area (Å²) in [5.74, 6) is 0. The van der Waals surface area contributed by atoms with Gasteiger partial charge in [-0.25, -0.2) is 5.09 Å². The second-order valence-electron chi connectivity index (χ2n) is 5.00. The topological polar surface area (TPSA) is 104 Å². The molecule has 0 radical (unpaired) electrons. The minimum absolute atomic E-state index is 0.226. The zero-order valence-electron chi connectivity index (χ0n) is 13.5. The summed E-state index contributed by atoms with van der Waals surface area (Å²) in [7, 11) is -2.82. The Morgan fingerprint density at radius 3 is 1.80 bits per heavy atom. The predicted molar refractivity (Wildman–Crippen MR) is 98.1 cm³/mol. The summed E-state index contributed by atoms with van der Waals surface area (Å²) < 4.78 is 46.8. The van der Waals surface area contributed by atoms with E-state index in [1.165, 1.54) is 0 Å². The van der Waals surface area contributed by atoms with Crippen LogP contribution in [0.25, 0.3) is 0 Å². The van der Waals surface area contributed by atoms with E-state index in [9.17, 15) is 0 Å². The largest absolute Gasteiger partial charge is 0.377 e. The van der Waals surface area contributed by atoms with Gasteiger partial charge in [-0.1, -0.05) is 0 Å². The molecule has 3 bridgehead atoms. The average molecular weight is 457 g/mol. The van der Waals surface area contributed by atoms with Gasteiger partial charge in [0.2, 0.25) is 0 Å². The van der Waals surface area contributed by atoms with E-state index in [4.69, 9.17) is 50.3 Å². The van der Waals surface area contributed by atoms with E-state index >= 15 is 0 Å². The maximum atomic E-state index is 6.55. The highest BCUT2D eigenvalue weighted by molar-refractivity contribution is 8.00. The lowest BCUT2D eigenvalue weighted by Gasteiger charge is -2.27. The van der Waals surface area contributed by atoms with E-state index in [-0.39, 0.29) is 13.2 Å². The van der Waals surface area contributed by atoms with Gasteiger partial charge in [-0.3, -0.25) is 0 Å². The van der Waals surface area contributed by atoms with Crippen molar-refractivity contribution in [2.75, 3.05) is 66.0 Å². The van der Waals surface area contributed by atoms with Gasteiger partial charge in [0.25, 0.3) is 7.58 Å². The van der Waals surface area contributed by atoms with Crippen LogP contribution in [0.4, 0.5) is 0 Å². The fraction of sp³-hybridized carbons (Fsp3) is 1.00. The van der Waals surface area contributed by atoms with Gasteiger partial charge in [0.15, 0.2) is 0 Å². The molecule has 0 fully saturated rings. The highest BCUT2D eigenvalue weighted by Crippen LogP contribution is 2.82. The minimum Gasteiger partial charge on any atom is -0.377 e. The van der Waals surface area contributed by atoms with E-state index < -0.39 is 21.2 Å². The molecule has 0 saturated carbocycles. The van der Waals surface area contributed by atoms with E-state index in [2.05, 4.69) is 18.6 Å². The fourth-order valence-electron chi connectivity index (χ4n) is 2.08. The van der Waals surface area contributed by atoms with Gasteiger partial charge < -0.3 is 27.8 Å². The Morgan fingerprint density at radius 2 is 1.12 bits per heavy atom. The summed E-state index contributed by atoms with van der Waals surface area (Å²) in [5.41, 5.74) is 0. The molecule has 0 aromatic carbocycles. The van der Waals surface area contributed by atoms with Crippen LogP contribution in [-0.4, -0.2) is 66.0 Å². The van der Waals surface area contributed by atoms with Crippen molar-refractivity contribution in [3.8, 4) is 0 Å². The molecule has 146 valence electrons. The first-order chi connectivity index (χ1) is 12.0. The number of nitrogens with zero attached hydrogens (tertiary/aromatic N) is 3. The molecule has 15 heteroatoms. The zero-order valence-corrected chi connectivity index (χ0v) is 17.7. The highest BCUT2D eigenvalue weighted by Gasteiger charge is 2.39. The summed E-state index contributed by atoms with van der Waals surface area (Å²) in [4.78, 5) is 0. The molecular weight excluding hydrogens is 436 g/mol. The van der Waals surface area contributed by atoms with Gasteiger partial charge in [-0.2, -0.15) is 13.5 Å². The van der Waals surface area contributed by atoms with Crippen LogP contribution in [0.3, 0.4) is 0 Å². The lowest BCUT2D eigenvalue weighted by molar-refractivity contribution is 0.00555. The third kappa shape index (κ3) is 6.24. The molecule has 0 aromatic heterocycles. The van der Waals surface area contributed by atoms with Gasteiger partial charge in [0.05, 0.1) is 59.5 Å². The van der Waals surface area contributed by atoms with Crippen LogP contribution in [0.1, 0.15) is 0 Å². The van der Waals surface area contributed by atoms with Crippen LogP contribution >= 0.6 is 43.6 Å². The maximum Gasteiger partial charge on any atom is 0.301 e. The average Bonchev–Trinajstić information content (AvgIpc) is 2.66. The molecule has 3 aliphatic rings. The molecule has 3 unspecified atom stereocenters. The Balaban J connectivity index is 1.83. The standard InChI is InChI=1S/C10H21Cl2N4O6P3/c11-23-14-24(12)16-25(15-23,13-1-2-20-23)22-10-8-19-6-4-17-3-5-18-7-9-21-24/h13H,1-10H2. The Morgan fingerprint density at radius 1 is 0.600 bits per heavy atom. The number of halogens is 2. The molecule has 25 heavy (non-hydrogen) atoms. The smallest absolute Gasteiger partial charge is 0.301 e. The van der Waals surface area contributed by atoms with Gasteiger partial charge in [0.1, 0.15) is 0 Å². The summed E-state index contributed by atoms with van der Waals surface area (Å²) in [5, 5.41) is 3.18. The lowest BCUT2D eigenvalue weighted by Crippen LogP contribution is -2.17. The van der Waals surface area contributed by atoms with Gasteiger partial charge in [0, 0.05) is 6.54 Å². The van der Waals surface area contributed by atoms with Crippen molar-refractivity contribution in [3.05, 3.63) is 0 Å². The molecule has 1 N–H and O–H groups in total. The van der Waals surface area contributed by atoms with Crippen molar-refractivity contribution in [1.29, 1.82) is 0 Å². The van der Waals surface area contributed by atoms with Crippen LogP contribution in [0.15, 0.2) is 13.5 Å². The quantitative estimate of drug-likeness (QED) is 0.548. The van der Waals surface area contributed by atoms with Crippen LogP contribution in [0.2, 0.25) is 0 Å². The number of hydrogen-bond acceptors (Lipinski definition) is 10. The van der Waals surface area contributed by atoms with Gasteiger partial charge >= 0.3 is 13.6 Å². The predicted octanol–water partition coefficient (Wildman–Crippen LogP) is 4.03. The Hall–Kier alpha value is 0.990. The van der Waals surface area contributed by atoms with Crippen LogP contribution in [-0.2, 0) is 27.8 Å². The van der Waals surface area contributed by atoms with E-state index in [1.54, 1.807) is 0 Å². The van der Waals surface area contributed by atoms with E-state index in [1.807, 2.05) is 0 Å². The van der Waals surface area contributed by atoms with Crippen LogP contribution in [0.5, 0.6) is 0 Å². The number of fused-ring (bicyclic) bond motifs is 1. The lowest BCUT2D eigenvalue weighted by atomic mass is 10.7. The Kier molecular flexibility index (Phi) is 7.84. The first kappa shape index (κ1) is 20.7. The number of hydrogen-bond donors (Lipinski definition) is 1. The summed E-state index contributed by atoms with van der Waals surface area (Å²) in [6.07, 6.45) is 0. The van der Waals surface area contributed by atoms with Gasteiger partial charge in [-0.15, -0.1) is 0 Å². The molecule has 3 atom stereocenters. The molecule has 0 amide bonds. The van der Waals surface area contributed by atoms with Crippen molar-refractivity contribution in [2.45, 2.75) is 0 Å². The fourth-order valence-corrected chi connectivity index (χ4v) is 14.2. The number of ether oxygens (including phenoxy) is 3. The monoisotopic (exact) mass is 456 g/mol. The Bertz CT molecular complexity index is 636. The van der Waals surface area contributed by atoms with Crippen molar-refractivity contribution in [2.24, 2.45) is 13.5 Å². The summed E-state index contributed by atoms with van der Waals surface area (Å²) in [6, 6.07) is 0. The van der Waals surface area contributed by atoms with E-state index in [0.29, 0.717) is 52.8 Å². The third-order valence-corrected chi connectivity index (χ3v) is 13.8. The molecule has 0 aliphatic carbocycles. The first-order valence-corrected chi connectivity index (χ1v) is 14.4. The SMILES string of the molecule is ClP12=NP3(Cl)=NP(=N1)(NCCO3)OCCOCCOCCOCCO2. The second-order valence-corrected chi connectivity index (χ2v) is 13.9. The molecule has 1 spiro atoms. The molecule has 3 aliphatic heterocycles. The minimum atomic E-state index is -3.06. The van der Waals surface area contributed by atoms with Gasteiger partial charge in [-0.05, 0) is 22.5 Å². The van der Waals surface area contributed by atoms with Crippen molar-refractivity contribution < 1.29 is 27.8 Å². The summed E-state index contributed by atoms with van der Waals surface area (Å²) >= 11 is 13.0. The number of nitrogens with one attached hydrogen (secondary N) is 1. The van der Waals surface area contributed by atoms with E-state index in [0.717, 1.165) is 0 Å². The van der Waals surface area contributed by atoms with Crippen molar-refractivity contribution in [1.82, 2.24) is 5.09 Å². The van der Waals surface area contributed by atoms with Crippen molar-refractivity contribution in [3.63, 3.8) is 0 Å². The second kappa shape index (κ2) is 9.46. The highest BCUT2D eigenvalue weighted by atomic mass is 35.7. The zero-order chi connectivity index (χ0) is 17.6. The van der Waals surface area contributed by atoms with Crippen LogP contribution < -0.4 is 5.09 Å². The molecular formula is C10H21Cl2N4O6P3. The molecule has 10 nitrogen and oxygen atoms in total. The molecule has 0 aromatic rings. The molecule has 3 rings (SSSR count).